The van der Waals surface area contributed by atoms with Crippen molar-refractivity contribution >= 4 is 62.8 Å². The fourth-order valence-electron chi connectivity index (χ4n) is 2.76. The zero-order chi connectivity index (χ0) is 21.1. The third-order valence-corrected chi connectivity index (χ3v) is 4.99. The molecule has 0 radical (unpaired) electrons. The van der Waals surface area contributed by atoms with E-state index in [4.69, 9.17) is 34.8 Å². The van der Waals surface area contributed by atoms with Crippen molar-refractivity contribution in [1.82, 2.24) is 9.55 Å². The molecule has 0 atom stereocenters. The number of rotatable bonds is 6. The Morgan fingerprint density at radius 3 is 2.76 bits per heavy atom. The molecule has 2 aromatic heterocycles. The normalized spacial score (nSPS) is 10.7. The van der Waals surface area contributed by atoms with Gasteiger partial charge >= 0.3 is 0 Å². The van der Waals surface area contributed by atoms with Gasteiger partial charge in [-0.1, -0.05) is 23.2 Å². The Balaban J connectivity index is 2.07. The van der Waals surface area contributed by atoms with Gasteiger partial charge in [-0.2, -0.15) is 0 Å². The summed E-state index contributed by atoms with van der Waals surface area (Å²) >= 11 is 15.7. The highest BCUT2D eigenvalue weighted by molar-refractivity contribution is 9.10. The third kappa shape index (κ3) is 4.44. The minimum Gasteiger partial charge on any atom is -0.326 e. The van der Waals surface area contributed by atoms with Crippen LogP contribution in [0.25, 0.3) is 5.69 Å². The number of anilines is 2. The molecule has 0 fully saturated rings. The summed E-state index contributed by atoms with van der Waals surface area (Å²) in [6, 6.07) is 6.36. The molecule has 1 aromatic carbocycles. The van der Waals surface area contributed by atoms with Gasteiger partial charge in [0.2, 0.25) is 6.41 Å². The molecule has 11 heteroatoms. The summed E-state index contributed by atoms with van der Waals surface area (Å²) in [4.78, 5) is 28.3. The predicted molar refractivity (Wildman–Crippen MR) is 116 cm³/mol. The monoisotopic (exact) mass is 496 g/mol. The van der Waals surface area contributed by atoms with E-state index in [1.165, 1.54) is 12.3 Å². The van der Waals surface area contributed by atoms with E-state index in [0.29, 0.717) is 32.2 Å². The summed E-state index contributed by atoms with van der Waals surface area (Å²) in [5, 5.41) is 4.28. The van der Waals surface area contributed by atoms with Crippen LogP contribution in [0.5, 0.6) is 0 Å². The minimum absolute atomic E-state index is 0.0662. The molecule has 0 bridgehead atoms. The molecule has 5 N–H and O–H groups in total. The van der Waals surface area contributed by atoms with E-state index < -0.39 is 5.91 Å². The number of hydrogen-bond acceptors (Lipinski definition) is 5. The number of pyridine rings is 1. The number of carbonyl (C=O) groups is 2. The van der Waals surface area contributed by atoms with Gasteiger partial charge in [-0.15, -0.1) is 0 Å². The zero-order valence-electron chi connectivity index (χ0n) is 14.8. The second-order valence-electron chi connectivity index (χ2n) is 5.87. The van der Waals surface area contributed by atoms with Crippen molar-refractivity contribution in [1.29, 1.82) is 0 Å². The fourth-order valence-corrected chi connectivity index (χ4v) is 3.63. The molecule has 0 saturated carbocycles. The van der Waals surface area contributed by atoms with Crippen LogP contribution in [0.2, 0.25) is 10.0 Å². The van der Waals surface area contributed by atoms with E-state index in [-0.39, 0.29) is 23.6 Å². The van der Waals surface area contributed by atoms with Crippen molar-refractivity contribution in [2.75, 3.05) is 10.3 Å². The topological polar surface area (TPSA) is 119 Å². The zero-order valence-corrected chi connectivity index (χ0v) is 17.9. The first-order valence-corrected chi connectivity index (χ1v) is 9.71. The first-order valence-electron chi connectivity index (χ1n) is 8.16. The number of carbonyl (C=O) groups excluding carboxylic acids is 2. The van der Waals surface area contributed by atoms with Crippen LogP contribution in [0.1, 0.15) is 16.1 Å². The van der Waals surface area contributed by atoms with Crippen LogP contribution in [0.4, 0.5) is 11.4 Å². The number of hydrogen-bond donors (Lipinski definition) is 3. The maximum absolute atomic E-state index is 13.1. The Kier molecular flexibility index (Phi) is 6.56. The van der Waals surface area contributed by atoms with E-state index in [1.807, 2.05) is 0 Å². The molecule has 2 amide bonds. The van der Waals surface area contributed by atoms with Crippen LogP contribution in [-0.2, 0) is 11.3 Å². The minimum atomic E-state index is -0.471. The van der Waals surface area contributed by atoms with E-state index in [2.05, 4.69) is 26.2 Å². The lowest BCUT2D eigenvalue weighted by Crippen LogP contribution is -2.31. The van der Waals surface area contributed by atoms with Gasteiger partial charge in [0.25, 0.3) is 5.91 Å². The molecule has 0 aliphatic carbocycles. The van der Waals surface area contributed by atoms with Gasteiger partial charge in [-0.25, -0.2) is 10.9 Å². The van der Waals surface area contributed by atoms with Crippen molar-refractivity contribution in [3.63, 3.8) is 0 Å². The molecule has 0 unspecified atom stereocenters. The maximum atomic E-state index is 13.1. The summed E-state index contributed by atoms with van der Waals surface area (Å²) in [6.07, 6.45) is 5.14. The Morgan fingerprint density at radius 2 is 2.10 bits per heavy atom. The lowest BCUT2D eigenvalue weighted by Gasteiger charge is -2.20. The van der Waals surface area contributed by atoms with Crippen molar-refractivity contribution in [3.8, 4) is 5.69 Å². The number of amides is 2. The second-order valence-corrected chi connectivity index (χ2v) is 7.63. The molecule has 0 aliphatic heterocycles. The highest BCUT2D eigenvalue weighted by Gasteiger charge is 2.20. The molecule has 3 rings (SSSR count). The van der Waals surface area contributed by atoms with Crippen LogP contribution in [0.3, 0.4) is 0 Å². The van der Waals surface area contributed by atoms with Crippen LogP contribution in [0.15, 0.2) is 47.3 Å². The Morgan fingerprint density at radius 1 is 1.34 bits per heavy atom. The molecule has 29 heavy (non-hydrogen) atoms. The number of halogens is 3. The standard InChI is InChI=1S/C18H15BrCl2N6O2/c19-11-4-16(26(8-11)14-1-2-24-7-13(14)21)18(29)25-17-10(6-22)3-12(20)5-15(17)27(23)9-28/h1-5,7-9H,6,22-23H2,(H,25,29). The first-order chi connectivity index (χ1) is 13.8. The lowest BCUT2D eigenvalue weighted by atomic mass is 10.1. The average Bonchev–Trinajstić information content (AvgIpc) is 3.10. The number of hydrazine groups is 1. The molecule has 3 aromatic rings. The predicted octanol–water partition coefficient (Wildman–Crippen LogP) is 3.49. The van der Waals surface area contributed by atoms with Crippen molar-refractivity contribution in [3.05, 3.63) is 68.6 Å². The Hall–Kier alpha value is -2.43. The SMILES string of the molecule is NCc1cc(Cl)cc(N(N)C=O)c1NC(=O)c1cc(Br)cn1-c1ccncc1Cl. The Labute approximate surface area is 184 Å². The van der Waals surface area contributed by atoms with Gasteiger partial charge in [-0.05, 0) is 45.8 Å². The van der Waals surface area contributed by atoms with Gasteiger partial charge in [0, 0.05) is 34.6 Å². The van der Waals surface area contributed by atoms with Gasteiger partial charge < -0.3 is 15.6 Å². The average molecular weight is 498 g/mol. The lowest BCUT2D eigenvalue weighted by molar-refractivity contribution is -0.107. The van der Waals surface area contributed by atoms with Gasteiger partial charge in [0.1, 0.15) is 5.69 Å². The fraction of sp³-hybridized carbons (Fsp3) is 0.0556. The van der Waals surface area contributed by atoms with Crippen LogP contribution in [0, 0.1) is 0 Å². The van der Waals surface area contributed by atoms with Crippen LogP contribution in [-0.4, -0.2) is 21.9 Å². The number of nitrogens with one attached hydrogen (secondary N) is 1. The second kappa shape index (κ2) is 8.93. The molecule has 0 aliphatic rings. The summed E-state index contributed by atoms with van der Waals surface area (Å²) in [5.74, 6) is 5.25. The highest BCUT2D eigenvalue weighted by Crippen LogP contribution is 2.33. The van der Waals surface area contributed by atoms with Crippen molar-refractivity contribution in [2.24, 2.45) is 11.6 Å². The van der Waals surface area contributed by atoms with Gasteiger partial charge in [0.15, 0.2) is 0 Å². The van der Waals surface area contributed by atoms with E-state index in [9.17, 15) is 9.59 Å². The van der Waals surface area contributed by atoms with Crippen molar-refractivity contribution < 1.29 is 9.59 Å². The summed E-state index contributed by atoms with van der Waals surface area (Å²) in [6.45, 7) is 0.0662. The first kappa shape index (κ1) is 21.3. The summed E-state index contributed by atoms with van der Waals surface area (Å²) in [5.41, 5.74) is 7.65. The quantitative estimate of drug-likeness (QED) is 0.208. The number of aromatic nitrogens is 2. The molecule has 0 spiro atoms. The molecule has 8 nitrogen and oxygen atoms in total. The third-order valence-electron chi connectivity index (χ3n) is 4.04. The molecule has 2 heterocycles. The summed E-state index contributed by atoms with van der Waals surface area (Å²) < 4.78 is 2.28. The number of benzene rings is 1. The molecule has 150 valence electrons. The van der Waals surface area contributed by atoms with Crippen LogP contribution < -0.4 is 21.9 Å². The summed E-state index contributed by atoms with van der Waals surface area (Å²) in [7, 11) is 0. The number of nitrogens with zero attached hydrogens (tertiary/aromatic N) is 3. The van der Waals surface area contributed by atoms with E-state index in [0.717, 1.165) is 5.01 Å². The molecular formula is C18H15BrCl2N6O2. The largest absolute Gasteiger partial charge is 0.326 e. The molecular weight excluding hydrogens is 483 g/mol. The van der Waals surface area contributed by atoms with Gasteiger partial charge in [-0.3, -0.25) is 14.6 Å². The Bertz CT molecular complexity index is 1090. The van der Waals surface area contributed by atoms with E-state index in [1.54, 1.807) is 35.2 Å². The molecule has 0 saturated heterocycles. The highest BCUT2D eigenvalue weighted by atomic mass is 79.9. The van der Waals surface area contributed by atoms with E-state index >= 15 is 0 Å². The smallest absolute Gasteiger partial charge is 0.272 e. The van der Waals surface area contributed by atoms with Crippen LogP contribution >= 0.6 is 39.1 Å². The van der Waals surface area contributed by atoms with Crippen molar-refractivity contribution in [2.45, 2.75) is 6.54 Å². The number of nitrogens with two attached hydrogens (primary N) is 2. The van der Waals surface area contributed by atoms with Gasteiger partial charge in [0.05, 0.1) is 22.1 Å². The maximum Gasteiger partial charge on any atom is 0.272 e.